The summed E-state index contributed by atoms with van der Waals surface area (Å²) in [4.78, 5) is 0. The molecule has 2 nitrogen and oxygen atoms in total. The van der Waals surface area contributed by atoms with E-state index in [9.17, 15) is 4.39 Å². The van der Waals surface area contributed by atoms with Crippen molar-refractivity contribution in [1.29, 1.82) is 0 Å². The molecule has 3 heteroatoms. The maximum Gasteiger partial charge on any atom is 0.140 e. The third kappa shape index (κ3) is 1.75. The molecular weight excluding hydrogens is 217 g/mol. The number of hydrogen-bond donors (Lipinski definition) is 1. The van der Waals surface area contributed by atoms with Gasteiger partial charge in [-0.25, -0.2) is 4.39 Å². The number of fused-ring (bicyclic) bond motifs is 1. The highest BCUT2D eigenvalue weighted by atomic mass is 19.1. The smallest absolute Gasteiger partial charge is 0.140 e. The van der Waals surface area contributed by atoms with E-state index in [2.05, 4.69) is 12.2 Å². The third-order valence-electron chi connectivity index (χ3n) is 3.76. The Labute approximate surface area is 99.8 Å². The monoisotopic (exact) mass is 233 g/mol. The van der Waals surface area contributed by atoms with Gasteiger partial charge in [-0.05, 0) is 49.5 Å². The van der Waals surface area contributed by atoms with Gasteiger partial charge in [0.25, 0.3) is 0 Å². The van der Waals surface area contributed by atoms with Crippen LogP contribution in [0.3, 0.4) is 0 Å². The number of halogens is 1. The number of hydrogen-bond acceptors (Lipinski definition) is 2. The first-order valence-electron chi connectivity index (χ1n) is 6.13. The van der Waals surface area contributed by atoms with Crippen LogP contribution in [0.15, 0.2) is 28.9 Å². The highest BCUT2D eigenvalue weighted by molar-refractivity contribution is 5.81. The lowest BCUT2D eigenvalue weighted by molar-refractivity contribution is 0.341. The van der Waals surface area contributed by atoms with E-state index in [0.717, 1.165) is 36.0 Å². The van der Waals surface area contributed by atoms with Crippen molar-refractivity contribution in [3.8, 4) is 0 Å². The average molecular weight is 233 g/mol. The summed E-state index contributed by atoms with van der Waals surface area (Å²) < 4.78 is 19.5. The molecule has 1 aliphatic rings. The second-order valence-electron chi connectivity index (χ2n) is 4.88. The van der Waals surface area contributed by atoms with Gasteiger partial charge in [0.2, 0.25) is 0 Å². The normalized spacial score (nSPS) is 25.3. The first-order valence-corrected chi connectivity index (χ1v) is 6.13. The number of piperidine rings is 1. The van der Waals surface area contributed by atoms with Crippen LogP contribution in [0.25, 0.3) is 11.0 Å². The Balaban J connectivity index is 2.14. The van der Waals surface area contributed by atoms with Crippen molar-refractivity contribution < 1.29 is 8.81 Å². The van der Waals surface area contributed by atoms with Crippen LogP contribution in [0, 0.1) is 11.7 Å². The summed E-state index contributed by atoms with van der Waals surface area (Å²) in [5.41, 5.74) is 1.49. The van der Waals surface area contributed by atoms with Gasteiger partial charge in [-0.15, -0.1) is 0 Å². The summed E-state index contributed by atoms with van der Waals surface area (Å²) in [5, 5.41) is 4.34. The summed E-state index contributed by atoms with van der Waals surface area (Å²) in [6.07, 6.45) is 2.61. The predicted molar refractivity (Wildman–Crippen MR) is 65.6 cm³/mol. The summed E-state index contributed by atoms with van der Waals surface area (Å²) in [6.45, 7) is 4.06. The molecule has 0 aliphatic carbocycles. The molecule has 0 unspecified atom stereocenters. The van der Waals surface area contributed by atoms with Crippen LogP contribution in [0.4, 0.5) is 4.39 Å². The van der Waals surface area contributed by atoms with Crippen LogP contribution >= 0.6 is 0 Å². The third-order valence-corrected chi connectivity index (χ3v) is 3.76. The molecule has 17 heavy (non-hydrogen) atoms. The number of nitrogens with one attached hydrogen (secondary N) is 1. The van der Waals surface area contributed by atoms with Crippen molar-refractivity contribution in [2.75, 3.05) is 13.1 Å². The van der Waals surface area contributed by atoms with E-state index in [4.69, 9.17) is 4.42 Å². The number of rotatable bonds is 1. The van der Waals surface area contributed by atoms with Crippen molar-refractivity contribution in [2.45, 2.75) is 19.3 Å². The molecule has 1 fully saturated rings. The first kappa shape index (κ1) is 10.8. The van der Waals surface area contributed by atoms with Gasteiger partial charge in [0.05, 0.1) is 6.26 Å². The highest BCUT2D eigenvalue weighted by Crippen LogP contribution is 2.36. The van der Waals surface area contributed by atoms with Gasteiger partial charge in [-0.3, -0.25) is 0 Å². The summed E-state index contributed by atoms with van der Waals surface area (Å²) >= 11 is 0. The molecule has 3 rings (SSSR count). The number of furan rings is 1. The van der Waals surface area contributed by atoms with E-state index in [1.165, 1.54) is 0 Å². The average Bonchev–Trinajstić information content (AvgIpc) is 2.79. The fourth-order valence-electron chi connectivity index (χ4n) is 2.82. The minimum atomic E-state index is -0.133. The molecular formula is C14H16FNO. The lowest BCUT2D eigenvalue weighted by Crippen LogP contribution is -2.34. The zero-order valence-corrected chi connectivity index (χ0v) is 9.87. The van der Waals surface area contributed by atoms with Crippen molar-refractivity contribution in [2.24, 2.45) is 5.92 Å². The van der Waals surface area contributed by atoms with Crippen LogP contribution in [-0.4, -0.2) is 13.1 Å². The Kier molecular flexibility index (Phi) is 2.63. The summed E-state index contributed by atoms with van der Waals surface area (Å²) in [7, 11) is 0. The largest absolute Gasteiger partial charge is 0.464 e. The molecule has 0 bridgehead atoms. The Hall–Kier alpha value is -1.35. The lowest BCUT2D eigenvalue weighted by atomic mass is 9.81. The van der Waals surface area contributed by atoms with E-state index in [1.54, 1.807) is 18.4 Å². The zero-order valence-electron chi connectivity index (χ0n) is 9.87. The second-order valence-corrected chi connectivity index (χ2v) is 4.88. The fourth-order valence-corrected chi connectivity index (χ4v) is 2.82. The van der Waals surface area contributed by atoms with Gasteiger partial charge >= 0.3 is 0 Å². The van der Waals surface area contributed by atoms with E-state index >= 15 is 0 Å². The maximum atomic E-state index is 14.1. The van der Waals surface area contributed by atoms with Crippen molar-refractivity contribution in [3.63, 3.8) is 0 Å². The van der Waals surface area contributed by atoms with Gasteiger partial charge in [-0.1, -0.05) is 6.92 Å². The van der Waals surface area contributed by atoms with Crippen LogP contribution in [0.2, 0.25) is 0 Å². The van der Waals surface area contributed by atoms with Crippen LogP contribution in [-0.2, 0) is 0 Å². The molecule has 1 aliphatic heterocycles. The lowest BCUT2D eigenvalue weighted by Gasteiger charge is -2.30. The SMILES string of the molecule is C[C@H]1CNCC[C@H]1c1c(F)ccc2ccoc12. The Morgan fingerprint density at radius 1 is 1.35 bits per heavy atom. The minimum Gasteiger partial charge on any atom is -0.464 e. The van der Waals surface area contributed by atoms with E-state index in [1.807, 2.05) is 6.07 Å². The van der Waals surface area contributed by atoms with Gasteiger partial charge in [0.1, 0.15) is 11.4 Å². The van der Waals surface area contributed by atoms with E-state index < -0.39 is 0 Å². The Morgan fingerprint density at radius 2 is 2.24 bits per heavy atom. The molecule has 2 atom stereocenters. The first-order chi connectivity index (χ1) is 8.27. The molecule has 0 spiro atoms. The van der Waals surface area contributed by atoms with E-state index in [0.29, 0.717) is 5.92 Å². The van der Waals surface area contributed by atoms with Crippen molar-refractivity contribution in [3.05, 3.63) is 35.8 Å². The topological polar surface area (TPSA) is 25.2 Å². The summed E-state index contributed by atoms with van der Waals surface area (Å²) in [5.74, 6) is 0.561. The standard InChI is InChI=1S/C14H16FNO/c1-9-8-16-6-4-11(9)13-12(15)3-2-10-5-7-17-14(10)13/h2-3,5,7,9,11,16H,4,6,8H2,1H3/t9-,11+/m0/s1. The van der Waals surface area contributed by atoms with Crippen LogP contribution in [0.1, 0.15) is 24.8 Å². The second kappa shape index (κ2) is 4.15. The zero-order chi connectivity index (χ0) is 11.8. The van der Waals surface area contributed by atoms with Gasteiger partial charge < -0.3 is 9.73 Å². The van der Waals surface area contributed by atoms with Gasteiger partial charge in [0, 0.05) is 10.9 Å². The van der Waals surface area contributed by atoms with Crippen LogP contribution in [0.5, 0.6) is 0 Å². The van der Waals surface area contributed by atoms with Crippen LogP contribution < -0.4 is 5.32 Å². The maximum absolute atomic E-state index is 14.1. The molecule has 0 radical (unpaired) electrons. The molecule has 1 N–H and O–H groups in total. The van der Waals surface area contributed by atoms with Gasteiger partial charge in [0.15, 0.2) is 0 Å². The molecule has 2 aromatic rings. The van der Waals surface area contributed by atoms with Gasteiger partial charge in [-0.2, -0.15) is 0 Å². The quantitative estimate of drug-likeness (QED) is 0.817. The molecule has 0 saturated carbocycles. The Morgan fingerprint density at radius 3 is 3.06 bits per heavy atom. The Bertz CT molecular complexity index is 534. The highest BCUT2D eigenvalue weighted by Gasteiger charge is 2.27. The van der Waals surface area contributed by atoms with Crippen molar-refractivity contribution >= 4 is 11.0 Å². The predicted octanol–water partition coefficient (Wildman–Crippen LogP) is 3.28. The molecule has 90 valence electrons. The van der Waals surface area contributed by atoms with E-state index in [-0.39, 0.29) is 11.7 Å². The summed E-state index contributed by atoms with van der Waals surface area (Å²) in [6, 6.07) is 5.23. The molecule has 1 saturated heterocycles. The minimum absolute atomic E-state index is 0.133. The molecule has 2 heterocycles. The molecule has 0 amide bonds. The fraction of sp³-hybridized carbons (Fsp3) is 0.429. The van der Waals surface area contributed by atoms with Crippen molar-refractivity contribution in [1.82, 2.24) is 5.32 Å². The molecule has 1 aromatic heterocycles. The number of benzene rings is 1. The molecule has 1 aromatic carbocycles.